The number of hydrogen-bond acceptors (Lipinski definition) is 8. The van der Waals surface area contributed by atoms with Gasteiger partial charge < -0.3 is 9.84 Å². The van der Waals surface area contributed by atoms with Crippen molar-refractivity contribution in [3.8, 4) is 0 Å². The summed E-state index contributed by atoms with van der Waals surface area (Å²) in [6, 6.07) is 0. The van der Waals surface area contributed by atoms with E-state index in [4.69, 9.17) is 10.3 Å². The van der Waals surface area contributed by atoms with E-state index < -0.39 is 0 Å². The molecule has 0 saturated heterocycles. The second-order valence-corrected chi connectivity index (χ2v) is 6.35. The van der Waals surface area contributed by atoms with E-state index in [0.29, 0.717) is 22.8 Å². The Labute approximate surface area is 121 Å². The molecule has 0 aliphatic rings. The summed E-state index contributed by atoms with van der Waals surface area (Å²) in [5.41, 5.74) is 3.28. The first kappa shape index (κ1) is 14.7. The van der Waals surface area contributed by atoms with Crippen molar-refractivity contribution in [2.45, 2.75) is 50.3 Å². The monoisotopic (exact) mass is 294 g/mol. The highest BCUT2D eigenvalue weighted by Crippen LogP contribution is 2.32. The summed E-state index contributed by atoms with van der Waals surface area (Å²) < 4.78 is 5.37. The van der Waals surface area contributed by atoms with Gasteiger partial charge in [-0.25, -0.2) is 15.8 Å². The summed E-state index contributed by atoms with van der Waals surface area (Å²) in [5, 5.41) is 8.97. The topological polar surface area (TPSA) is 103 Å². The van der Waals surface area contributed by atoms with Gasteiger partial charge in [0.25, 0.3) is 5.22 Å². The number of aromatic nitrogens is 4. The van der Waals surface area contributed by atoms with Crippen molar-refractivity contribution in [1.29, 1.82) is 0 Å². The number of hydrogen-bond donors (Lipinski definition) is 2. The smallest absolute Gasteiger partial charge is 0.282 e. The summed E-state index contributed by atoms with van der Waals surface area (Å²) >= 11 is 1.31. The Hall–Kier alpha value is -1.67. The highest BCUT2D eigenvalue weighted by Gasteiger charge is 2.22. The second kappa shape index (κ2) is 5.37. The molecule has 0 aliphatic heterocycles. The Balaban J connectivity index is 2.45. The molecule has 0 spiro atoms. The molecule has 0 aliphatic carbocycles. The first-order chi connectivity index (χ1) is 9.31. The SMILES string of the molecule is Cc1nnc(Sc2nc(C(C)(C)C)nc(NN)c2C)o1. The predicted molar refractivity (Wildman–Crippen MR) is 76.4 cm³/mol. The lowest BCUT2D eigenvalue weighted by Gasteiger charge is -2.19. The lowest BCUT2D eigenvalue weighted by Crippen LogP contribution is -2.20. The maximum Gasteiger partial charge on any atom is 0.282 e. The lowest BCUT2D eigenvalue weighted by molar-refractivity contribution is 0.429. The molecule has 0 bridgehead atoms. The maximum absolute atomic E-state index is 5.53. The number of nitrogen functional groups attached to an aromatic ring is 1. The van der Waals surface area contributed by atoms with E-state index >= 15 is 0 Å². The molecule has 7 nitrogen and oxygen atoms in total. The minimum Gasteiger partial charge on any atom is -0.416 e. The number of aryl methyl sites for hydroxylation is 1. The van der Waals surface area contributed by atoms with E-state index in [1.54, 1.807) is 6.92 Å². The summed E-state index contributed by atoms with van der Waals surface area (Å²) in [6.45, 7) is 9.78. The molecule has 0 unspecified atom stereocenters. The van der Waals surface area contributed by atoms with Crippen molar-refractivity contribution in [3.63, 3.8) is 0 Å². The standard InChI is InChI=1S/C12H18N6OS/c1-6-8(16-13)14-10(12(3,4)5)15-9(6)20-11-18-17-7(2)19-11/h13H2,1-5H3,(H,14,15,16). The number of nitrogens with two attached hydrogens (primary N) is 1. The van der Waals surface area contributed by atoms with Crippen LogP contribution in [-0.2, 0) is 5.41 Å². The first-order valence-electron chi connectivity index (χ1n) is 6.15. The molecular formula is C12H18N6OS. The molecule has 0 fully saturated rings. The molecule has 0 radical (unpaired) electrons. The highest BCUT2D eigenvalue weighted by molar-refractivity contribution is 7.99. The van der Waals surface area contributed by atoms with Crippen LogP contribution in [0.25, 0.3) is 0 Å². The van der Waals surface area contributed by atoms with Gasteiger partial charge in [-0.3, -0.25) is 0 Å². The molecule has 108 valence electrons. The van der Waals surface area contributed by atoms with Crippen molar-refractivity contribution in [3.05, 3.63) is 17.3 Å². The van der Waals surface area contributed by atoms with E-state index in [2.05, 4.69) is 25.6 Å². The maximum atomic E-state index is 5.53. The predicted octanol–water partition coefficient (Wildman–Crippen LogP) is 2.21. The Morgan fingerprint density at radius 1 is 1.15 bits per heavy atom. The zero-order valence-corrected chi connectivity index (χ0v) is 13.0. The summed E-state index contributed by atoms with van der Waals surface area (Å²) in [7, 11) is 0. The Morgan fingerprint density at radius 2 is 1.85 bits per heavy atom. The van der Waals surface area contributed by atoms with Crippen molar-refractivity contribution in [1.82, 2.24) is 20.2 Å². The van der Waals surface area contributed by atoms with Crippen LogP contribution in [0.5, 0.6) is 0 Å². The van der Waals surface area contributed by atoms with Gasteiger partial charge in [0, 0.05) is 17.9 Å². The van der Waals surface area contributed by atoms with Crippen LogP contribution < -0.4 is 11.3 Å². The van der Waals surface area contributed by atoms with Gasteiger partial charge in [-0.2, -0.15) is 0 Å². The van der Waals surface area contributed by atoms with E-state index in [1.165, 1.54) is 11.8 Å². The lowest BCUT2D eigenvalue weighted by atomic mass is 9.95. The average molecular weight is 294 g/mol. The van der Waals surface area contributed by atoms with Gasteiger partial charge in [0.2, 0.25) is 5.89 Å². The quantitative estimate of drug-likeness (QED) is 0.504. The Morgan fingerprint density at radius 3 is 2.35 bits per heavy atom. The average Bonchev–Trinajstić information content (AvgIpc) is 2.76. The molecule has 2 rings (SSSR count). The van der Waals surface area contributed by atoms with Crippen molar-refractivity contribution < 1.29 is 4.42 Å². The molecule has 0 saturated carbocycles. The van der Waals surface area contributed by atoms with E-state index in [0.717, 1.165) is 10.6 Å². The van der Waals surface area contributed by atoms with Gasteiger partial charge in [0.1, 0.15) is 16.7 Å². The molecular weight excluding hydrogens is 276 g/mol. The molecule has 2 aromatic rings. The molecule has 8 heteroatoms. The van der Waals surface area contributed by atoms with Crippen LogP contribution in [0, 0.1) is 13.8 Å². The van der Waals surface area contributed by atoms with Crippen LogP contribution in [0.15, 0.2) is 14.7 Å². The van der Waals surface area contributed by atoms with E-state index in [9.17, 15) is 0 Å². The first-order valence-corrected chi connectivity index (χ1v) is 6.96. The molecule has 2 aromatic heterocycles. The third kappa shape index (κ3) is 3.07. The molecule has 2 heterocycles. The Bertz CT molecular complexity index is 619. The Kier molecular flexibility index (Phi) is 3.96. The van der Waals surface area contributed by atoms with Gasteiger partial charge >= 0.3 is 0 Å². The summed E-state index contributed by atoms with van der Waals surface area (Å²) in [4.78, 5) is 9.03. The number of hydrazine groups is 1. The number of anilines is 1. The normalized spacial score (nSPS) is 11.7. The highest BCUT2D eigenvalue weighted by atomic mass is 32.2. The minimum atomic E-state index is -0.181. The van der Waals surface area contributed by atoms with Crippen LogP contribution >= 0.6 is 11.8 Å². The fraction of sp³-hybridized carbons (Fsp3) is 0.500. The molecule has 0 atom stereocenters. The second-order valence-electron chi connectivity index (χ2n) is 5.41. The molecule has 20 heavy (non-hydrogen) atoms. The van der Waals surface area contributed by atoms with Crippen LogP contribution in [0.1, 0.15) is 38.0 Å². The zero-order valence-electron chi connectivity index (χ0n) is 12.2. The van der Waals surface area contributed by atoms with E-state index in [1.807, 2.05) is 27.7 Å². The van der Waals surface area contributed by atoms with Gasteiger partial charge in [-0.15, -0.1) is 10.2 Å². The van der Waals surface area contributed by atoms with Gasteiger partial charge in [0.05, 0.1) is 0 Å². The van der Waals surface area contributed by atoms with Crippen molar-refractivity contribution in [2.24, 2.45) is 5.84 Å². The summed E-state index contributed by atoms with van der Waals surface area (Å²) in [6.07, 6.45) is 0. The van der Waals surface area contributed by atoms with Gasteiger partial charge in [0.15, 0.2) is 0 Å². The van der Waals surface area contributed by atoms with Crippen molar-refractivity contribution >= 4 is 17.6 Å². The molecule has 0 aromatic carbocycles. The molecule has 3 N–H and O–H groups in total. The number of nitrogens with zero attached hydrogens (tertiary/aromatic N) is 4. The van der Waals surface area contributed by atoms with E-state index in [-0.39, 0.29) is 5.41 Å². The zero-order chi connectivity index (χ0) is 14.9. The fourth-order valence-electron chi connectivity index (χ4n) is 1.47. The van der Waals surface area contributed by atoms with Crippen LogP contribution in [0.3, 0.4) is 0 Å². The third-order valence-corrected chi connectivity index (χ3v) is 3.53. The minimum absolute atomic E-state index is 0.181. The third-order valence-electron chi connectivity index (χ3n) is 2.60. The van der Waals surface area contributed by atoms with Gasteiger partial charge in [-0.1, -0.05) is 20.8 Å². The summed E-state index contributed by atoms with van der Waals surface area (Å²) in [5.74, 6) is 7.35. The van der Waals surface area contributed by atoms with Crippen LogP contribution in [0.2, 0.25) is 0 Å². The van der Waals surface area contributed by atoms with Crippen molar-refractivity contribution in [2.75, 3.05) is 5.43 Å². The van der Waals surface area contributed by atoms with Crippen LogP contribution in [-0.4, -0.2) is 20.2 Å². The van der Waals surface area contributed by atoms with Crippen LogP contribution in [0.4, 0.5) is 5.82 Å². The number of rotatable bonds is 3. The molecule has 0 amide bonds. The fourth-order valence-corrected chi connectivity index (χ4v) is 2.26. The number of nitrogens with one attached hydrogen (secondary N) is 1. The van der Waals surface area contributed by atoms with Gasteiger partial charge in [-0.05, 0) is 18.7 Å². The largest absolute Gasteiger partial charge is 0.416 e.